The maximum Gasteiger partial charge on any atom is 0.132 e. The lowest BCUT2D eigenvalue weighted by molar-refractivity contribution is 0.142. The number of imidazole rings is 1. The summed E-state index contributed by atoms with van der Waals surface area (Å²) in [5.74, 6) is 0.894. The fraction of sp³-hybridized carbons (Fsp3) is 0.500. The van der Waals surface area contributed by atoms with E-state index >= 15 is 0 Å². The molecule has 1 aliphatic rings. The van der Waals surface area contributed by atoms with E-state index in [-0.39, 0.29) is 0 Å². The fourth-order valence-electron chi connectivity index (χ4n) is 1.50. The Labute approximate surface area is 83.6 Å². The molecule has 4 heteroatoms. The fourth-order valence-corrected chi connectivity index (χ4v) is 1.50. The average Bonchev–Trinajstić information content (AvgIpc) is 2.87. The van der Waals surface area contributed by atoms with E-state index in [0.717, 1.165) is 44.2 Å². The Kier molecular flexibility index (Phi) is 2.96. The summed E-state index contributed by atoms with van der Waals surface area (Å²) in [5, 5.41) is 0. The van der Waals surface area contributed by atoms with Gasteiger partial charge in [0.15, 0.2) is 0 Å². The van der Waals surface area contributed by atoms with Crippen molar-refractivity contribution in [1.29, 1.82) is 0 Å². The van der Waals surface area contributed by atoms with E-state index in [9.17, 15) is 0 Å². The van der Waals surface area contributed by atoms with E-state index in [4.69, 9.17) is 4.74 Å². The Morgan fingerprint density at radius 1 is 1.71 bits per heavy atom. The monoisotopic (exact) mass is 193 g/mol. The molecule has 1 N–H and O–H groups in total. The minimum Gasteiger partial charge on any atom is -0.365 e. The van der Waals surface area contributed by atoms with Crippen LogP contribution in [-0.2, 0) is 4.74 Å². The van der Waals surface area contributed by atoms with Crippen molar-refractivity contribution in [2.45, 2.75) is 6.42 Å². The summed E-state index contributed by atoms with van der Waals surface area (Å²) in [6, 6.07) is 0. The Balaban J connectivity index is 1.78. The number of nitrogens with zero attached hydrogens (tertiary/aromatic N) is 2. The predicted molar refractivity (Wildman–Crippen MR) is 54.6 cm³/mol. The lowest BCUT2D eigenvalue weighted by Gasteiger charge is -2.12. The van der Waals surface area contributed by atoms with Crippen molar-refractivity contribution in [1.82, 2.24) is 14.9 Å². The van der Waals surface area contributed by atoms with Gasteiger partial charge in [0.1, 0.15) is 5.82 Å². The van der Waals surface area contributed by atoms with Gasteiger partial charge in [0.05, 0.1) is 13.3 Å². The molecule has 4 nitrogen and oxygen atoms in total. The molecule has 2 rings (SSSR count). The van der Waals surface area contributed by atoms with Crippen LogP contribution >= 0.6 is 0 Å². The van der Waals surface area contributed by atoms with Crippen molar-refractivity contribution < 1.29 is 4.74 Å². The topological polar surface area (TPSA) is 41.1 Å². The molecule has 14 heavy (non-hydrogen) atoms. The number of aromatic amines is 1. The van der Waals surface area contributed by atoms with Gasteiger partial charge in [-0.05, 0) is 12.0 Å². The van der Waals surface area contributed by atoms with Crippen LogP contribution in [0, 0.1) is 0 Å². The van der Waals surface area contributed by atoms with Crippen molar-refractivity contribution in [2.75, 3.05) is 26.4 Å². The largest absolute Gasteiger partial charge is 0.365 e. The highest BCUT2D eigenvalue weighted by molar-refractivity contribution is 5.56. The summed E-state index contributed by atoms with van der Waals surface area (Å²) >= 11 is 0. The van der Waals surface area contributed by atoms with E-state index in [1.165, 1.54) is 0 Å². The summed E-state index contributed by atoms with van der Waals surface area (Å²) < 4.78 is 5.25. The van der Waals surface area contributed by atoms with E-state index in [1.54, 1.807) is 6.20 Å². The van der Waals surface area contributed by atoms with Gasteiger partial charge in [0.25, 0.3) is 0 Å². The van der Waals surface area contributed by atoms with Crippen molar-refractivity contribution in [3.05, 3.63) is 24.8 Å². The molecule has 1 aromatic rings. The smallest absolute Gasteiger partial charge is 0.132 e. The Hall–Kier alpha value is -1.13. The first-order valence-electron chi connectivity index (χ1n) is 4.84. The summed E-state index contributed by atoms with van der Waals surface area (Å²) in [6.45, 7) is 7.64. The van der Waals surface area contributed by atoms with Crippen molar-refractivity contribution in [3.63, 3.8) is 0 Å². The van der Waals surface area contributed by atoms with E-state index < -0.39 is 0 Å². The zero-order valence-corrected chi connectivity index (χ0v) is 8.20. The number of hydrogen-bond donors (Lipinski definition) is 1. The first-order chi connectivity index (χ1) is 6.86. The second kappa shape index (κ2) is 4.39. The second-order valence-electron chi connectivity index (χ2n) is 3.45. The molecule has 1 aromatic heterocycles. The van der Waals surface area contributed by atoms with Gasteiger partial charge < -0.3 is 9.72 Å². The molecule has 0 bridgehead atoms. The zero-order valence-electron chi connectivity index (χ0n) is 8.20. The molecular formula is C10H15N3O. The van der Waals surface area contributed by atoms with Crippen LogP contribution in [-0.4, -0.2) is 41.3 Å². The molecule has 1 aliphatic heterocycles. The van der Waals surface area contributed by atoms with Gasteiger partial charge in [0.2, 0.25) is 0 Å². The number of hydrogen-bond acceptors (Lipinski definition) is 3. The highest BCUT2D eigenvalue weighted by Crippen LogP contribution is 2.12. The van der Waals surface area contributed by atoms with Crippen LogP contribution in [0.15, 0.2) is 19.0 Å². The lowest BCUT2D eigenvalue weighted by atomic mass is 10.2. The molecule has 0 amide bonds. The van der Waals surface area contributed by atoms with Crippen LogP contribution in [0.25, 0.3) is 5.57 Å². The van der Waals surface area contributed by atoms with Gasteiger partial charge in [-0.2, -0.15) is 0 Å². The summed E-state index contributed by atoms with van der Waals surface area (Å²) in [7, 11) is 0. The third-order valence-corrected chi connectivity index (χ3v) is 2.39. The van der Waals surface area contributed by atoms with E-state index in [0.29, 0.717) is 0 Å². The molecule has 0 saturated carbocycles. The molecule has 76 valence electrons. The van der Waals surface area contributed by atoms with Gasteiger partial charge in [-0.25, -0.2) is 4.98 Å². The van der Waals surface area contributed by atoms with Crippen LogP contribution in [0.3, 0.4) is 0 Å². The van der Waals surface area contributed by atoms with Crippen LogP contribution < -0.4 is 0 Å². The van der Waals surface area contributed by atoms with Gasteiger partial charge in [0, 0.05) is 25.5 Å². The molecule has 0 radical (unpaired) electrons. The van der Waals surface area contributed by atoms with Gasteiger partial charge >= 0.3 is 0 Å². The van der Waals surface area contributed by atoms with Crippen molar-refractivity contribution in [3.8, 4) is 0 Å². The quantitative estimate of drug-likeness (QED) is 0.778. The Bertz CT molecular complexity index is 288. The average molecular weight is 193 g/mol. The number of nitrogens with one attached hydrogen (secondary N) is 1. The Morgan fingerprint density at radius 3 is 3.29 bits per heavy atom. The molecule has 1 fully saturated rings. The lowest BCUT2D eigenvalue weighted by Crippen LogP contribution is -2.21. The minimum atomic E-state index is 0.755. The zero-order chi connectivity index (χ0) is 9.80. The highest BCUT2D eigenvalue weighted by Gasteiger charge is 2.12. The van der Waals surface area contributed by atoms with E-state index in [1.807, 2.05) is 6.20 Å². The molecular weight excluding hydrogens is 178 g/mol. The maximum absolute atomic E-state index is 5.25. The SMILES string of the molecule is C=C(CCN1CCOC1)c1ncc[nH]1. The standard InChI is InChI=1S/C10H15N3O/c1-9(10-11-3-4-12-10)2-5-13-6-7-14-8-13/h3-4H,1-2,5-8H2,(H,11,12). The van der Waals surface area contributed by atoms with Crippen LogP contribution in [0.1, 0.15) is 12.2 Å². The number of ether oxygens (including phenoxy) is 1. The van der Waals surface area contributed by atoms with Crippen LogP contribution in [0.5, 0.6) is 0 Å². The van der Waals surface area contributed by atoms with Gasteiger partial charge in [-0.15, -0.1) is 0 Å². The van der Waals surface area contributed by atoms with Crippen molar-refractivity contribution >= 4 is 5.57 Å². The summed E-state index contributed by atoms with van der Waals surface area (Å²) in [4.78, 5) is 9.48. The Morgan fingerprint density at radius 2 is 2.64 bits per heavy atom. The van der Waals surface area contributed by atoms with E-state index in [2.05, 4.69) is 21.4 Å². The van der Waals surface area contributed by atoms with Gasteiger partial charge in [-0.1, -0.05) is 6.58 Å². The van der Waals surface area contributed by atoms with Crippen LogP contribution in [0.4, 0.5) is 0 Å². The second-order valence-corrected chi connectivity index (χ2v) is 3.45. The maximum atomic E-state index is 5.25. The third kappa shape index (κ3) is 2.21. The first kappa shape index (κ1) is 9.43. The number of H-pyrrole nitrogens is 1. The normalized spacial score (nSPS) is 17.4. The number of aromatic nitrogens is 2. The predicted octanol–water partition coefficient (Wildman–Crippen LogP) is 1.10. The molecule has 1 saturated heterocycles. The molecule has 0 aliphatic carbocycles. The molecule has 0 aromatic carbocycles. The number of rotatable bonds is 4. The molecule has 2 heterocycles. The minimum absolute atomic E-state index is 0.755. The van der Waals surface area contributed by atoms with Gasteiger partial charge in [-0.3, -0.25) is 4.90 Å². The first-order valence-corrected chi connectivity index (χ1v) is 4.84. The molecule has 0 unspecified atom stereocenters. The highest BCUT2D eigenvalue weighted by atomic mass is 16.5. The summed E-state index contributed by atoms with van der Waals surface area (Å²) in [5.41, 5.74) is 1.06. The van der Waals surface area contributed by atoms with Crippen LogP contribution in [0.2, 0.25) is 0 Å². The third-order valence-electron chi connectivity index (χ3n) is 2.39. The summed E-state index contributed by atoms with van der Waals surface area (Å²) in [6.07, 6.45) is 4.51. The molecule has 0 spiro atoms. The molecule has 0 atom stereocenters. The van der Waals surface area contributed by atoms with Crippen molar-refractivity contribution in [2.24, 2.45) is 0 Å².